The number of amides is 1. The average molecular weight is 341 g/mol. The first-order valence-corrected chi connectivity index (χ1v) is 9.08. The highest BCUT2D eigenvalue weighted by Gasteiger charge is 2.19. The highest BCUT2D eigenvalue weighted by molar-refractivity contribution is 6.00. The minimum Gasteiger partial charge on any atom is -0.371 e. The number of carbonyl (C=O) groups excluding carboxylic acids is 1. The summed E-state index contributed by atoms with van der Waals surface area (Å²) in [7, 11) is 0. The first-order chi connectivity index (χ1) is 12.1. The SMILES string of the molecule is Cc1ccc(N2CCCC2)c(C(=O)NCCc2nncn2C(C)C)c1. The molecule has 0 aliphatic carbocycles. The number of anilines is 1. The topological polar surface area (TPSA) is 63.1 Å². The van der Waals surface area contributed by atoms with Crippen molar-refractivity contribution in [1.29, 1.82) is 0 Å². The van der Waals surface area contributed by atoms with Gasteiger partial charge in [0.05, 0.1) is 5.56 Å². The van der Waals surface area contributed by atoms with Crippen molar-refractivity contribution in [2.75, 3.05) is 24.5 Å². The minimum absolute atomic E-state index is 0.0128. The molecule has 1 saturated heterocycles. The zero-order valence-electron chi connectivity index (χ0n) is 15.3. The van der Waals surface area contributed by atoms with Crippen LogP contribution in [0.4, 0.5) is 5.69 Å². The first-order valence-electron chi connectivity index (χ1n) is 9.08. The maximum atomic E-state index is 12.7. The molecule has 0 unspecified atom stereocenters. The van der Waals surface area contributed by atoms with Crippen molar-refractivity contribution in [3.8, 4) is 0 Å². The van der Waals surface area contributed by atoms with Crippen LogP contribution >= 0.6 is 0 Å². The molecule has 0 radical (unpaired) electrons. The molecule has 25 heavy (non-hydrogen) atoms. The Morgan fingerprint density at radius 1 is 1.28 bits per heavy atom. The quantitative estimate of drug-likeness (QED) is 0.877. The summed E-state index contributed by atoms with van der Waals surface area (Å²) < 4.78 is 2.04. The van der Waals surface area contributed by atoms with Gasteiger partial charge in [-0.1, -0.05) is 11.6 Å². The molecule has 6 heteroatoms. The Morgan fingerprint density at radius 3 is 2.76 bits per heavy atom. The molecule has 1 fully saturated rings. The van der Waals surface area contributed by atoms with Gasteiger partial charge in [-0.2, -0.15) is 0 Å². The van der Waals surface area contributed by atoms with E-state index in [9.17, 15) is 4.79 Å². The van der Waals surface area contributed by atoms with Gasteiger partial charge in [-0.25, -0.2) is 0 Å². The van der Waals surface area contributed by atoms with Gasteiger partial charge in [-0.15, -0.1) is 10.2 Å². The zero-order valence-corrected chi connectivity index (χ0v) is 15.3. The number of rotatable bonds is 6. The highest BCUT2D eigenvalue weighted by Crippen LogP contribution is 2.25. The lowest BCUT2D eigenvalue weighted by molar-refractivity contribution is 0.0954. The third kappa shape index (κ3) is 4.00. The fourth-order valence-electron chi connectivity index (χ4n) is 3.33. The average Bonchev–Trinajstić information content (AvgIpc) is 3.26. The number of aromatic nitrogens is 3. The lowest BCUT2D eigenvalue weighted by Gasteiger charge is -2.21. The lowest BCUT2D eigenvalue weighted by Crippen LogP contribution is -2.29. The van der Waals surface area contributed by atoms with Gasteiger partial charge in [0.25, 0.3) is 5.91 Å². The zero-order chi connectivity index (χ0) is 17.8. The summed E-state index contributed by atoms with van der Waals surface area (Å²) in [5.74, 6) is 0.889. The summed E-state index contributed by atoms with van der Waals surface area (Å²) in [5, 5.41) is 11.2. The smallest absolute Gasteiger partial charge is 0.253 e. The molecule has 6 nitrogen and oxygen atoms in total. The Kier molecular flexibility index (Phi) is 5.36. The van der Waals surface area contributed by atoms with Gasteiger partial charge in [0, 0.05) is 37.8 Å². The van der Waals surface area contributed by atoms with Crippen molar-refractivity contribution in [2.24, 2.45) is 0 Å². The third-order valence-corrected chi connectivity index (χ3v) is 4.68. The van der Waals surface area contributed by atoms with Gasteiger partial charge in [0.2, 0.25) is 0 Å². The molecule has 0 bridgehead atoms. The maximum absolute atomic E-state index is 12.7. The summed E-state index contributed by atoms with van der Waals surface area (Å²) in [6.45, 7) is 8.83. The Labute approximate surface area is 149 Å². The van der Waals surface area contributed by atoms with Crippen LogP contribution in [-0.4, -0.2) is 40.3 Å². The summed E-state index contributed by atoms with van der Waals surface area (Å²) >= 11 is 0. The highest BCUT2D eigenvalue weighted by atomic mass is 16.1. The summed E-state index contributed by atoms with van der Waals surface area (Å²) in [6.07, 6.45) is 4.81. The molecule has 134 valence electrons. The van der Waals surface area contributed by atoms with Gasteiger partial charge in [-0.05, 0) is 45.7 Å². The second kappa shape index (κ2) is 7.68. The van der Waals surface area contributed by atoms with E-state index in [1.165, 1.54) is 12.8 Å². The van der Waals surface area contributed by atoms with Crippen LogP contribution in [0, 0.1) is 6.92 Å². The predicted molar refractivity (Wildman–Crippen MR) is 99.1 cm³/mol. The monoisotopic (exact) mass is 341 g/mol. The largest absolute Gasteiger partial charge is 0.371 e. The van der Waals surface area contributed by atoms with Crippen molar-refractivity contribution in [1.82, 2.24) is 20.1 Å². The second-order valence-electron chi connectivity index (χ2n) is 6.97. The maximum Gasteiger partial charge on any atom is 0.253 e. The van der Waals surface area contributed by atoms with E-state index in [2.05, 4.69) is 46.4 Å². The molecule has 1 aromatic heterocycles. The van der Waals surface area contributed by atoms with Crippen LogP contribution in [-0.2, 0) is 6.42 Å². The van der Waals surface area contributed by atoms with Gasteiger partial charge in [0.15, 0.2) is 0 Å². The molecule has 2 heterocycles. The molecule has 0 spiro atoms. The summed E-state index contributed by atoms with van der Waals surface area (Å²) in [6, 6.07) is 6.46. The number of nitrogens with zero attached hydrogens (tertiary/aromatic N) is 4. The third-order valence-electron chi connectivity index (χ3n) is 4.68. The van der Waals surface area contributed by atoms with Crippen molar-refractivity contribution >= 4 is 11.6 Å². The predicted octanol–water partition coefficient (Wildman–Crippen LogP) is 2.74. The Bertz CT molecular complexity index is 731. The molecule has 3 rings (SSSR count). The summed E-state index contributed by atoms with van der Waals surface area (Å²) in [5.41, 5.74) is 2.92. The Balaban J connectivity index is 1.67. The standard InChI is InChI=1S/C19H27N5O/c1-14(2)24-13-21-22-18(24)8-9-20-19(25)16-12-15(3)6-7-17(16)23-10-4-5-11-23/h6-7,12-14H,4-5,8-11H2,1-3H3,(H,20,25). The van der Waals surface area contributed by atoms with Crippen LogP contribution < -0.4 is 10.2 Å². The van der Waals surface area contributed by atoms with E-state index < -0.39 is 0 Å². The molecule has 2 aromatic rings. The molecule has 1 aliphatic heterocycles. The number of hydrogen-bond donors (Lipinski definition) is 1. The van der Waals surface area contributed by atoms with Crippen molar-refractivity contribution in [3.05, 3.63) is 41.5 Å². The Morgan fingerprint density at radius 2 is 2.04 bits per heavy atom. The number of nitrogens with one attached hydrogen (secondary N) is 1. The molecule has 1 aromatic carbocycles. The molecule has 1 amide bonds. The molecule has 0 atom stereocenters. The fraction of sp³-hybridized carbons (Fsp3) is 0.526. The van der Waals surface area contributed by atoms with Crippen LogP contribution in [0.1, 0.15) is 54.5 Å². The minimum atomic E-state index is -0.0128. The normalized spacial score (nSPS) is 14.3. The molecular formula is C19H27N5O. The fourth-order valence-corrected chi connectivity index (χ4v) is 3.33. The van der Waals surface area contributed by atoms with Crippen molar-refractivity contribution in [3.63, 3.8) is 0 Å². The van der Waals surface area contributed by atoms with E-state index in [1.54, 1.807) is 6.33 Å². The Hall–Kier alpha value is -2.37. The molecular weight excluding hydrogens is 314 g/mol. The van der Waals surface area contributed by atoms with Gasteiger partial charge in [-0.3, -0.25) is 4.79 Å². The summed E-state index contributed by atoms with van der Waals surface area (Å²) in [4.78, 5) is 15.1. The van der Waals surface area contributed by atoms with Crippen LogP contribution in [0.2, 0.25) is 0 Å². The van der Waals surface area contributed by atoms with Crippen LogP contribution in [0.3, 0.4) is 0 Å². The van der Waals surface area contributed by atoms with E-state index >= 15 is 0 Å². The molecule has 0 saturated carbocycles. The van der Waals surface area contributed by atoms with E-state index in [0.29, 0.717) is 19.0 Å². The van der Waals surface area contributed by atoms with Gasteiger partial charge in [0.1, 0.15) is 12.2 Å². The van der Waals surface area contributed by atoms with Crippen LogP contribution in [0.25, 0.3) is 0 Å². The molecule has 1 N–H and O–H groups in total. The lowest BCUT2D eigenvalue weighted by atomic mass is 10.1. The number of aryl methyl sites for hydroxylation is 1. The van der Waals surface area contributed by atoms with Gasteiger partial charge >= 0.3 is 0 Å². The van der Waals surface area contributed by atoms with E-state index in [1.807, 2.05) is 17.6 Å². The van der Waals surface area contributed by atoms with Crippen LogP contribution in [0.15, 0.2) is 24.5 Å². The molecule has 1 aliphatic rings. The van der Waals surface area contributed by atoms with Gasteiger partial charge < -0.3 is 14.8 Å². The first kappa shape index (κ1) is 17.5. The van der Waals surface area contributed by atoms with Crippen molar-refractivity contribution < 1.29 is 4.79 Å². The number of carbonyl (C=O) groups is 1. The van der Waals surface area contributed by atoms with E-state index in [-0.39, 0.29) is 5.91 Å². The number of hydrogen-bond acceptors (Lipinski definition) is 4. The van der Waals surface area contributed by atoms with E-state index in [4.69, 9.17) is 0 Å². The van der Waals surface area contributed by atoms with E-state index in [0.717, 1.165) is 35.7 Å². The number of benzene rings is 1. The van der Waals surface area contributed by atoms with Crippen LogP contribution in [0.5, 0.6) is 0 Å². The second-order valence-corrected chi connectivity index (χ2v) is 6.97. The van der Waals surface area contributed by atoms with Crippen molar-refractivity contribution in [2.45, 2.75) is 46.1 Å².